The highest BCUT2D eigenvalue weighted by Gasteiger charge is 2.43. The van der Waals surface area contributed by atoms with Gasteiger partial charge in [-0.1, -0.05) is 29.5 Å². The minimum absolute atomic E-state index is 0.0286. The third-order valence-corrected chi connectivity index (χ3v) is 9.46. The number of carbonyl (C=O) groups is 1. The summed E-state index contributed by atoms with van der Waals surface area (Å²) >= 11 is 1.62. The van der Waals surface area contributed by atoms with Gasteiger partial charge in [0.1, 0.15) is 5.75 Å². The molecule has 2 aromatic carbocycles. The van der Waals surface area contributed by atoms with Crippen molar-refractivity contribution in [3.05, 3.63) is 59.2 Å². The van der Waals surface area contributed by atoms with Crippen LogP contribution in [0.25, 0.3) is 15.9 Å². The predicted molar refractivity (Wildman–Crippen MR) is 155 cm³/mol. The van der Waals surface area contributed by atoms with Gasteiger partial charge in [-0.2, -0.15) is 0 Å². The van der Waals surface area contributed by atoms with Crippen molar-refractivity contribution in [2.24, 2.45) is 11.7 Å². The van der Waals surface area contributed by atoms with Gasteiger partial charge < -0.3 is 25.2 Å². The highest BCUT2D eigenvalue weighted by atomic mass is 32.1. The molecular formula is C31H34F3N3O4S. The van der Waals surface area contributed by atoms with Crippen LogP contribution < -0.4 is 15.4 Å². The number of benzene rings is 2. The van der Waals surface area contributed by atoms with Gasteiger partial charge in [0.2, 0.25) is 0 Å². The van der Waals surface area contributed by atoms with Gasteiger partial charge in [0.15, 0.2) is 10.9 Å². The molecule has 42 heavy (non-hydrogen) atoms. The van der Waals surface area contributed by atoms with E-state index in [4.69, 9.17) is 15.5 Å². The summed E-state index contributed by atoms with van der Waals surface area (Å²) in [5, 5.41) is 11.4. The first-order chi connectivity index (χ1) is 19.9. The van der Waals surface area contributed by atoms with Crippen LogP contribution in [0.3, 0.4) is 0 Å². The van der Waals surface area contributed by atoms with Gasteiger partial charge in [0.25, 0.3) is 0 Å². The Balaban J connectivity index is 1.19. The molecule has 3 heterocycles. The number of nitrogens with two attached hydrogens (primary N) is 1. The number of Topliss-reactive ketones (excluding diaryl/α,β-unsaturated/α-hetero) is 1. The third-order valence-electron chi connectivity index (χ3n) is 8.43. The van der Waals surface area contributed by atoms with E-state index in [2.05, 4.69) is 9.64 Å². The SMILES string of the molecule is CC(C)(O)c1ccc2nc(N3C4CC[C@H]3CC(OCC(C(=O)C3CC3)=C(N)c3ccccc3OC(F)(F)F)C4)sc2c1. The van der Waals surface area contributed by atoms with Crippen LogP contribution in [0.5, 0.6) is 5.75 Å². The Morgan fingerprint density at radius 2 is 1.79 bits per heavy atom. The third kappa shape index (κ3) is 6.00. The van der Waals surface area contributed by atoms with Crippen molar-refractivity contribution >= 4 is 38.2 Å². The summed E-state index contributed by atoms with van der Waals surface area (Å²) in [7, 11) is 0. The van der Waals surface area contributed by atoms with Crippen LogP contribution in [0.1, 0.15) is 63.5 Å². The molecule has 2 bridgehead atoms. The lowest BCUT2D eigenvalue weighted by atomic mass is 9.98. The quantitative estimate of drug-likeness (QED) is 0.278. The number of aromatic nitrogens is 1. The maximum absolute atomic E-state index is 13.2. The number of halogens is 3. The molecule has 7 nitrogen and oxygen atoms in total. The summed E-state index contributed by atoms with van der Waals surface area (Å²) in [4.78, 5) is 20.5. The normalized spacial score (nSPS) is 23.3. The molecule has 0 amide bonds. The second-order valence-electron chi connectivity index (χ2n) is 12.0. The molecular weight excluding hydrogens is 567 g/mol. The summed E-state index contributed by atoms with van der Waals surface area (Å²) in [5.74, 6) is -0.790. The average Bonchev–Trinajstić information content (AvgIpc) is 3.63. The maximum atomic E-state index is 13.2. The molecule has 3 atom stereocenters. The van der Waals surface area contributed by atoms with Crippen LogP contribution in [0.15, 0.2) is 48.0 Å². The Kier molecular flexibility index (Phi) is 7.47. The molecule has 2 aliphatic heterocycles. The fourth-order valence-electron chi connectivity index (χ4n) is 6.12. The highest BCUT2D eigenvalue weighted by molar-refractivity contribution is 7.22. The van der Waals surface area contributed by atoms with Crippen molar-refractivity contribution < 1.29 is 32.5 Å². The lowest BCUT2D eigenvalue weighted by Gasteiger charge is -2.38. The summed E-state index contributed by atoms with van der Waals surface area (Å²) in [6.45, 7) is 3.47. The average molecular weight is 602 g/mol. The van der Waals surface area contributed by atoms with Crippen LogP contribution in [-0.2, 0) is 15.1 Å². The van der Waals surface area contributed by atoms with Crippen LogP contribution in [0.2, 0.25) is 0 Å². The van der Waals surface area contributed by atoms with Crippen LogP contribution in [0, 0.1) is 5.92 Å². The van der Waals surface area contributed by atoms with E-state index >= 15 is 0 Å². The zero-order chi connectivity index (χ0) is 29.8. The van der Waals surface area contributed by atoms with E-state index in [1.165, 1.54) is 18.2 Å². The van der Waals surface area contributed by atoms with Gasteiger partial charge in [0, 0.05) is 29.1 Å². The Labute approximate surface area is 246 Å². The smallest absolute Gasteiger partial charge is 0.405 e. The van der Waals surface area contributed by atoms with Crippen LogP contribution >= 0.6 is 11.3 Å². The zero-order valence-electron chi connectivity index (χ0n) is 23.5. The lowest BCUT2D eigenvalue weighted by molar-refractivity contribution is -0.274. The number of rotatable bonds is 9. The van der Waals surface area contributed by atoms with Crippen LogP contribution in [0.4, 0.5) is 18.3 Å². The van der Waals surface area contributed by atoms with E-state index in [0.717, 1.165) is 59.4 Å². The van der Waals surface area contributed by atoms with Crippen molar-refractivity contribution in [3.63, 3.8) is 0 Å². The fraction of sp³-hybridized carbons (Fsp3) is 0.484. The number of hydrogen-bond acceptors (Lipinski definition) is 8. The van der Waals surface area contributed by atoms with E-state index in [1.54, 1.807) is 31.3 Å². The first-order valence-corrected chi connectivity index (χ1v) is 15.1. The molecule has 1 aliphatic carbocycles. The van der Waals surface area contributed by atoms with Gasteiger partial charge in [-0.25, -0.2) is 4.98 Å². The van der Waals surface area contributed by atoms with Gasteiger partial charge in [-0.15, -0.1) is 13.2 Å². The molecule has 1 aromatic heterocycles. The number of para-hydroxylation sites is 1. The predicted octanol–water partition coefficient (Wildman–Crippen LogP) is 6.29. The second-order valence-corrected chi connectivity index (χ2v) is 13.0. The highest BCUT2D eigenvalue weighted by Crippen LogP contribution is 2.44. The Hall–Kier alpha value is -3.15. The molecule has 1 saturated carbocycles. The number of ketones is 1. The molecule has 3 aliphatic rings. The molecule has 0 spiro atoms. The van der Waals surface area contributed by atoms with Gasteiger partial charge in [-0.05, 0) is 82.2 Å². The molecule has 2 saturated heterocycles. The molecule has 11 heteroatoms. The minimum atomic E-state index is -4.89. The van der Waals surface area contributed by atoms with E-state index < -0.39 is 17.7 Å². The summed E-state index contributed by atoms with van der Waals surface area (Å²) in [5.41, 5.74) is 7.40. The van der Waals surface area contributed by atoms with Crippen LogP contribution in [-0.4, -0.2) is 47.0 Å². The van der Waals surface area contributed by atoms with Crippen molar-refractivity contribution in [3.8, 4) is 5.75 Å². The summed E-state index contributed by atoms with van der Waals surface area (Å²) in [6, 6.07) is 11.9. The Morgan fingerprint density at radius 1 is 1.10 bits per heavy atom. The zero-order valence-corrected chi connectivity index (χ0v) is 24.3. The number of hydrogen-bond donors (Lipinski definition) is 2. The Morgan fingerprint density at radius 3 is 2.43 bits per heavy atom. The number of piperidine rings is 1. The van der Waals surface area contributed by atoms with E-state index in [9.17, 15) is 23.1 Å². The number of anilines is 1. The first-order valence-electron chi connectivity index (χ1n) is 14.3. The number of fused-ring (bicyclic) bond motifs is 3. The monoisotopic (exact) mass is 601 g/mol. The van der Waals surface area contributed by atoms with Gasteiger partial charge >= 0.3 is 6.36 Å². The standard InChI is InChI=1S/C31H34F3N3O4S/c1-30(2,39)18-9-12-24-26(13-18)42-29(36-24)37-19-10-11-20(37)15-21(14-19)40-16-23(28(38)17-7-8-17)27(35)22-5-3-4-6-25(22)41-31(32,33)34/h3-6,9,12-13,17,19-21,39H,7-8,10-11,14-16,35H2,1-2H3/t19-,20?,21?/m0/s1. The molecule has 3 aromatic rings. The number of aliphatic hydroxyl groups is 1. The van der Waals surface area contributed by atoms with Crippen molar-refractivity contribution in [1.29, 1.82) is 0 Å². The maximum Gasteiger partial charge on any atom is 0.573 e. The fourth-order valence-corrected chi connectivity index (χ4v) is 7.27. The van der Waals surface area contributed by atoms with E-state index in [-0.39, 0.29) is 53.3 Å². The van der Waals surface area contributed by atoms with Gasteiger partial charge in [-0.3, -0.25) is 4.79 Å². The topological polar surface area (TPSA) is 97.9 Å². The van der Waals surface area contributed by atoms with E-state index in [1.807, 2.05) is 18.2 Å². The molecule has 2 unspecified atom stereocenters. The Bertz CT molecular complexity index is 1510. The number of carbonyl (C=O) groups excluding carboxylic acids is 1. The number of ether oxygens (including phenoxy) is 2. The van der Waals surface area contributed by atoms with Crippen molar-refractivity contribution in [2.75, 3.05) is 11.5 Å². The number of alkyl halides is 3. The minimum Gasteiger partial charge on any atom is -0.405 e. The van der Waals surface area contributed by atoms with Crippen molar-refractivity contribution in [2.45, 2.75) is 82.5 Å². The summed E-state index contributed by atoms with van der Waals surface area (Å²) in [6.07, 6.45) is -0.0308. The largest absolute Gasteiger partial charge is 0.573 e. The molecule has 3 N–H and O–H groups in total. The number of nitrogens with zero attached hydrogens (tertiary/aromatic N) is 2. The molecule has 3 fully saturated rings. The van der Waals surface area contributed by atoms with Crippen molar-refractivity contribution in [1.82, 2.24) is 4.98 Å². The molecule has 224 valence electrons. The number of thiazole rings is 1. The summed E-state index contributed by atoms with van der Waals surface area (Å²) < 4.78 is 50.7. The first kappa shape index (κ1) is 28.9. The van der Waals surface area contributed by atoms with E-state index in [0.29, 0.717) is 0 Å². The van der Waals surface area contributed by atoms with Gasteiger partial charge in [0.05, 0.1) is 34.2 Å². The molecule has 6 rings (SSSR count). The second kappa shape index (κ2) is 10.8. The lowest BCUT2D eigenvalue weighted by Crippen LogP contribution is -2.45. The molecule has 0 radical (unpaired) electrons.